The van der Waals surface area contributed by atoms with Crippen molar-refractivity contribution in [2.24, 2.45) is 4.99 Å². The topological polar surface area (TPSA) is 45.6 Å². The lowest BCUT2D eigenvalue weighted by atomic mass is 10.3. The molecule has 4 nitrogen and oxygen atoms in total. The first-order valence-electron chi connectivity index (χ1n) is 7.49. The SMILES string of the molecule is CCCCOCCN=C(NCC)NCCc1cccs1.I. The summed E-state index contributed by atoms with van der Waals surface area (Å²) in [5, 5.41) is 8.72. The van der Waals surface area contributed by atoms with Crippen molar-refractivity contribution >= 4 is 41.3 Å². The zero-order valence-corrected chi connectivity index (χ0v) is 16.2. The number of aliphatic imine (C=N–C) groups is 1. The molecule has 0 radical (unpaired) electrons. The van der Waals surface area contributed by atoms with Crippen molar-refractivity contribution in [2.45, 2.75) is 33.1 Å². The van der Waals surface area contributed by atoms with E-state index in [4.69, 9.17) is 4.74 Å². The van der Waals surface area contributed by atoms with Crippen molar-refractivity contribution < 1.29 is 4.74 Å². The maximum atomic E-state index is 5.50. The van der Waals surface area contributed by atoms with Gasteiger partial charge in [-0.2, -0.15) is 0 Å². The fourth-order valence-corrected chi connectivity index (χ4v) is 2.38. The lowest BCUT2D eigenvalue weighted by Crippen LogP contribution is -2.38. The average Bonchev–Trinajstić information content (AvgIpc) is 2.96. The summed E-state index contributed by atoms with van der Waals surface area (Å²) < 4.78 is 5.50. The summed E-state index contributed by atoms with van der Waals surface area (Å²) in [6.07, 6.45) is 3.34. The van der Waals surface area contributed by atoms with E-state index < -0.39 is 0 Å². The molecule has 6 heteroatoms. The minimum atomic E-state index is 0. The minimum Gasteiger partial charge on any atom is -0.380 e. The van der Waals surface area contributed by atoms with Gasteiger partial charge in [0, 0.05) is 24.6 Å². The Labute approximate surface area is 149 Å². The number of rotatable bonds is 10. The molecule has 122 valence electrons. The van der Waals surface area contributed by atoms with Crippen LogP contribution < -0.4 is 10.6 Å². The van der Waals surface area contributed by atoms with Crippen LogP contribution in [0.25, 0.3) is 0 Å². The molecular formula is C15H28IN3OS. The van der Waals surface area contributed by atoms with E-state index >= 15 is 0 Å². The highest BCUT2D eigenvalue weighted by Crippen LogP contribution is 2.07. The largest absolute Gasteiger partial charge is 0.380 e. The molecule has 0 amide bonds. The van der Waals surface area contributed by atoms with Gasteiger partial charge in [-0.25, -0.2) is 0 Å². The van der Waals surface area contributed by atoms with Crippen molar-refractivity contribution in [3.63, 3.8) is 0 Å². The molecule has 0 unspecified atom stereocenters. The minimum absolute atomic E-state index is 0. The van der Waals surface area contributed by atoms with Crippen LogP contribution in [0.2, 0.25) is 0 Å². The van der Waals surface area contributed by atoms with Crippen LogP contribution in [0.4, 0.5) is 0 Å². The van der Waals surface area contributed by atoms with Crippen LogP contribution in [0, 0.1) is 0 Å². The molecule has 0 aliphatic rings. The average molecular weight is 425 g/mol. The Kier molecular flexibility index (Phi) is 14.4. The summed E-state index contributed by atoms with van der Waals surface area (Å²) in [6, 6.07) is 4.25. The molecule has 1 rings (SSSR count). The zero-order valence-electron chi connectivity index (χ0n) is 13.1. The fraction of sp³-hybridized carbons (Fsp3) is 0.667. The maximum absolute atomic E-state index is 5.50. The number of thiophene rings is 1. The van der Waals surface area contributed by atoms with Gasteiger partial charge in [0.15, 0.2) is 5.96 Å². The van der Waals surface area contributed by atoms with Crippen LogP contribution in [-0.2, 0) is 11.2 Å². The highest BCUT2D eigenvalue weighted by atomic mass is 127. The van der Waals surface area contributed by atoms with Crippen LogP contribution in [0.15, 0.2) is 22.5 Å². The maximum Gasteiger partial charge on any atom is 0.191 e. The Morgan fingerprint density at radius 3 is 2.81 bits per heavy atom. The van der Waals surface area contributed by atoms with Gasteiger partial charge in [-0.15, -0.1) is 35.3 Å². The van der Waals surface area contributed by atoms with Gasteiger partial charge in [-0.3, -0.25) is 4.99 Å². The van der Waals surface area contributed by atoms with Crippen LogP contribution in [-0.4, -0.2) is 38.8 Å². The first-order valence-corrected chi connectivity index (χ1v) is 8.37. The number of guanidine groups is 1. The number of nitrogens with one attached hydrogen (secondary N) is 2. The van der Waals surface area contributed by atoms with Gasteiger partial charge < -0.3 is 15.4 Å². The van der Waals surface area contributed by atoms with Crippen LogP contribution in [0.3, 0.4) is 0 Å². The Morgan fingerprint density at radius 1 is 1.29 bits per heavy atom. The number of ether oxygens (including phenoxy) is 1. The number of halogens is 1. The molecule has 0 saturated heterocycles. The smallest absolute Gasteiger partial charge is 0.191 e. The van der Waals surface area contributed by atoms with Crippen molar-refractivity contribution in [1.82, 2.24) is 10.6 Å². The summed E-state index contributed by atoms with van der Waals surface area (Å²) >= 11 is 1.80. The van der Waals surface area contributed by atoms with Crippen LogP contribution in [0.1, 0.15) is 31.6 Å². The molecule has 0 spiro atoms. The molecule has 21 heavy (non-hydrogen) atoms. The Morgan fingerprint density at radius 2 is 2.14 bits per heavy atom. The second kappa shape index (κ2) is 14.6. The van der Waals surface area contributed by atoms with Gasteiger partial charge in [-0.1, -0.05) is 19.4 Å². The predicted molar refractivity (Wildman–Crippen MR) is 103 cm³/mol. The highest BCUT2D eigenvalue weighted by Gasteiger charge is 1.98. The number of hydrogen-bond acceptors (Lipinski definition) is 3. The Balaban J connectivity index is 0.00000400. The van der Waals surface area contributed by atoms with E-state index in [1.165, 1.54) is 11.3 Å². The van der Waals surface area contributed by atoms with E-state index in [-0.39, 0.29) is 24.0 Å². The first kappa shape index (κ1) is 20.7. The van der Waals surface area contributed by atoms with E-state index in [1.807, 2.05) is 0 Å². The molecular weight excluding hydrogens is 397 g/mol. The lowest BCUT2D eigenvalue weighted by Gasteiger charge is -2.10. The Bertz CT molecular complexity index is 358. The standard InChI is InChI=1S/C15H27N3OS.HI/c1-3-5-11-19-12-10-18-15(16-4-2)17-9-8-14-7-6-13-20-14;/h6-7,13H,3-5,8-12H2,1-2H3,(H2,16,17,18);1H. The normalized spacial score (nSPS) is 11.0. The van der Waals surface area contributed by atoms with Crippen molar-refractivity contribution in [2.75, 3.05) is 32.8 Å². The molecule has 0 atom stereocenters. The summed E-state index contributed by atoms with van der Waals surface area (Å²) in [7, 11) is 0. The molecule has 2 N–H and O–H groups in total. The van der Waals surface area contributed by atoms with Gasteiger partial charge in [-0.05, 0) is 31.2 Å². The molecule has 1 aromatic rings. The van der Waals surface area contributed by atoms with Crippen LogP contribution in [0.5, 0.6) is 0 Å². The zero-order chi connectivity index (χ0) is 14.5. The molecule has 0 aromatic carbocycles. The first-order chi connectivity index (χ1) is 9.86. The van der Waals surface area contributed by atoms with Crippen LogP contribution >= 0.6 is 35.3 Å². The second-order valence-electron chi connectivity index (χ2n) is 4.48. The van der Waals surface area contributed by atoms with Gasteiger partial charge in [0.1, 0.15) is 0 Å². The van der Waals surface area contributed by atoms with Crippen molar-refractivity contribution in [3.05, 3.63) is 22.4 Å². The van der Waals surface area contributed by atoms with Gasteiger partial charge in [0.05, 0.1) is 13.2 Å². The number of nitrogens with zero attached hydrogens (tertiary/aromatic N) is 1. The van der Waals surface area contributed by atoms with Gasteiger partial charge in [0.25, 0.3) is 0 Å². The molecule has 1 aromatic heterocycles. The van der Waals surface area contributed by atoms with E-state index in [2.05, 4.69) is 47.0 Å². The number of hydrogen-bond donors (Lipinski definition) is 2. The van der Waals surface area contributed by atoms with E-state index in [0.29, 0.717) is 13.2 Å². The lowest BCUT2D eigenvalue weighted by molar-refractivity contribution is 0.139. The fourth-order valence-electron chi connectivity index (χ4n) is 1.67. The molecule has 0 bridgehead atoms. The quantitative estimate of drug-likeness (QED) is 0.262. The van der Waals surface area contributed by atoms with Crippen molar-refractivity contribution in [1.29, 1.82) is 0 Å². The van der Waals surface area contributed by atoms with Gasteiger partial charge in [0.2, 0.25) is 0 Å². The summed E-state index contributed by atoms with van der Waals surface area (Å²) in [4.78, 5) is 5.90. The number of unbranched alkanes of at least 4 members (excludes halogenated alkanes) is 1. The highest BCUT2D eigenvalue weighted by molar-refractivity contribution is 14.0. The Hall–Kier alpha value is -0.340. The van der Waals surface area contributed by atoms with E-state index in [9.17, 15) is 0 Å². The molecule has 0 aliphatic carbocycles. The predicted octanol–water partition coefficient (Wildman–Crippen LogP) is 3.28. The molecule has 0 fully saturated rings. The summed E-state index contributed by atoms with van der Waals surface area (Å²) in [5.41, 5.74) is 0. The van der Waals surface area contributed by atoms with E-state index in [0.717, 1.165) is 38.5 Å². The molecule has 0 saturated carbocycles. The molecule has 0 aliphatic heterocycles. The van der Waals surface area contributed by atoms with E-state index in [1.54, 1.807) is 11.3 Å². The third-order valence-electron chi connectivity index (χ3n) is 2.74. The third kappa shape index (κ3) is 11.0. The monoisotopic (exact) mass is 425 g/mol. The second-order valence-corrected chi connectivity index (χ2v) is 5.51. The summed E-state index contributed by atoms with van der Waals surface area (Å²) in [5.74, 6) is 0.878. The molecule has 1 heterocycles. The van der Waals surface area contributed by atoms with Crippen molar-refractivity contribution in [3.8, 4) is 0 Å². The summed E-state index contributed by atoms with van der Waals surface area (Å²) in [6.45, 7) is 8.27. The third-order valence-corrected chi connectivity index (χ3v) is 3.67. The van der Waals surface area contributed by atoms with Gasteiger partial charge >= 0.3 is 0 Å².